The van der Waals surface area contributed by atoms with Gasteiger partial charge in [0.05, 0.1) is 6.61 Å². The molecule has 0 aliphatic rings. The van der Waals surface area contributed by atoms with Crippen molar-refractivity contribution in [2.75, 3.05) is 6.61 Å². The van der Waals surface area contributed by atoms with E-state index in [1.165, 1.54) is 18.2 Å². The highest BCUT2D eigenvalue weighted by Crippen LogP contribution is 2.20. The second-order valence-electron chi connectivity index (χ2n) is 4.74. The lowest BCUT2D eigenvalue weighted by molar-refractivity contribution is -0.139. The number of hydrogen-bond donors (Lipinski definition) is 2. The maximum atomic E-state index is 11.7. The highest BCUT2D eigenvalue weighted by atomic mass is 16.5. The summed E-state index contributed by atoms with van der Waals surface area (Å²) < 4.78 is 4.93. The summed E-state index contributed by atoms with van der Waals surface area (Å²) in [6.45, 7) is 3.93. The molecule has 21 heavy (non-hydrogen) atoms. The number of aromatic carboxylic acids is 1. The number of phenols is 1. The fraction of sp³-hybridized carbons (Fsp3) is 0.267. The molecule has 0 aromatic heterocycles. The Morgan fingerprint density at radius 2 is 2.10 bits per heavy atom. The maximum absolute atomic E-state index is 11.7. The molecule has 0 heterocycles. The minimum atomic E-state index is -1.26. The Hall–Kier alpha value is -2.81. The summed E-state index contributed by atoms with van der Waals surface area (Å²) in [7, 11) is 0. The third-order valence-corrected chi connectivity index (χ3v) is 2.45. The monoisotopic (exact) mass is 289 g/mol. The largest absolute Gasteiger partial charge is 0.507 e. The van der Waals surface area contributed by atoms with E-state index < -0.39 is 17.7 Å². The van der Waals surface area contributed by atoms with Gasteiger partial charge in [-0.15, -0.1) is 0 Å². The average molecular weight is 289 g/mol. The molecule has 110 valence electrons. The van der Waals surface area contributed by atoms with Crippen LogP contribution in [-0.4, -0.2) is 28.8 Å². The zero-order valence-electron chi connectivity index (χ0n) is 11.7. The lowest BCUT2D eigenvalue weighted by atomic mass is 10.1. The lowest BCUT2D eigenvalue weighted by Crippen LogP contribution is -2.11. The van der Waals surface area contributed by atoms with Crippen LogP contribution in [0.2, 0.25) is 0 Å². The summed E-state index contributed by atoms with van der Waals surface area (Å²) >= 11 is 0. The lowest BCUT2D eigenvalue weighted by Gasteiger charge is -2.06. The Bertz CT molecular complexity index is 625. The molecule has 0 radical (unpaired) electrons. The molecule has 1 aromatic carbocycles. The van der Waals surface area contributed by atoms with Crippen molar-refractivity contribution in [1.29, 1.82) is 5.26 Å². The normalized spacial score (nSPS) is 11.0. The molecule has 0 aliphatic carbocycles. The van der Waals surface area contributed by atoms with E-state index >= 15 is 0 Å². The Kier molecular flexibility index (Phi) is 5.49. The van der Waals surface area contributed by atoms with Gasteiger partial charge in [0.15, 0.2) is 0 Å². The molecule has 1 rings (SSSR count). The van der Waals surface area contributed by atoms with E-state index in [9.17, 15) is 14.7 Å². The predicted molar refractivity (Wildman–Crippen MR) is 74.5 cm³/mol. The van der Waals surface area contributed by atoms with E-state index in [4.69, 9.17) is 15.1 Å². The number of aromatic hydroxyl groups is 1. The van der Waals surface area contributed by atoms with Crippen LogP contribution in [0.15, 0.2) is 23.8 Å². The fourth-order valence-corrected chi connectivity index (χ4v) is 1.44. The molecular weight excluding hydrogens is 274 g/mol. The number of hydrogen-bond acceptors (Lipinski definition) is 5. The van der Waals surface area contributed by atoms with Crippen LogP contribution in [0.4, 0.5) is 0 Å². The van der Waals surface area contributed by atoms with E-state index in [0.717, 1.165) is 6.07 Å². The molecule has 0 bridgehead atoms. The first-order valence-corrected chi connectivity index (χ1v) is 6.20. The Morgan fingerprint density at radius 3 is 2.57 bits per heavy atom. The molecule has 0 unspecified atom stereocenters. The summed E-state index contributed by atoms with van der Waals surface area (Å²) in [5, 5.41) is 27.3. The SMILES string of the molecule is CC(C)COC(=O)C(C#N)=Cc1ccc(C(=O)O)c(O)c1. The quantitative estimate of drug-likeness (QED) is 0.488. The Balaban J connectivity index is 2.99. The van der Waals surface area contributed by atoms with Crippen LogP contribution in [0, 0.1) is 17.2 Å². The van der Waals surface area contributed by atoms with Crippen LogP contribution >= 0.6 is 0 Å². The van der Waals surface area contributed by atoms with Gasteiger partial charge in [-0.25, -0.2) is 9.59 Å². The first kappa shape index (κ1) is 16.2. The van der Waals surface area contributed by atoms with Crippen molar-refractivity contribution >= 4 is 18.0 Å². The molecule has 0 saturated heterocycles. The summed E-state index contributed by atoms with van der Waals surface area (Å²) in [6, 6.07) is 5.46. The van der Waals surface area contributed by atoms with E-state index in [2.05, 4.69) is 0 Å². The van der Waals surface area contributed by atoms with Crippen LogP contribution in [0.25, 0.3) is 6.08 Å². The van der Waals surface area contributed by atoms with Crippen molar-refractivity contribution in [3.63, 3.8) is 0 Å². The van der Waals surface area contributed by atoms with Gasteiger partial charge >= 0.3 is 11.9 Å². The standard InChI is InChI=1S/C15H15NO5/c1-9(2)8-21-15(20)11(7-16)5-10-3-4-12(14(18)19)13(17)6-10/h3-6,9,17H,8H2,1-2H3,(H,18,19). The topological polar surface area (TPSA) is 108 Å². The van der Waals surface area contributed by atoms with E-state index in [0.29, 0.717) is 5.56 Å². The number of rotatable bonds is 5. The van der Waals surface area contributed by atoms with Gasteiger partial charge in [0.1, 0.15) is 23.0 Å². The second kappa shape index (κ2) is 7.10. The van der Waals surface area contributed by atoms with E-state index in [1.807, 2.05) is 13.8 Å². The molecular formula is C15H15NO5. The van der Waals surface area contributed by atoms with Gasteiger partial charge in [0.2, 0.25) is 0 Å². The van der Waals surface area contributed by atoms with Crippen LogP contribution in [0.1, 0.15) is 29.8 Å². The third-order valence-electron chi connectivity index (χ3n) is 2.45. The van der Waals surface area contributed by atoms with Crippen molar-refractivity contribution < 1.29 is 24.5 Å². The molecule has 0 atom stereocenters. The zero-order valence-corrected chi connectivity index (χ0v) is 11.7. The molecule has 0 saturated carbocycles. The van der Waals surface area contributed by atoms with E-state index in [1.54, 1.807) is 6.07 Å². The van der Waals surface area contributed by atoms with Gasteiger partial charge in [-0.1, -0.05) is 19.9 Å². The first-order valence-electron chi connectivity index (χ1n) is 6.20. The summed E-state index contributed by atoms with van der Waals surface area (Å²) in [4.78, 5) is 22.4. The highest BCUT2D eigenvalue weighted by Gasteiger charge is 2.13. The number of carboxylic acids is 1. The van der Waals surface area contributed by atoms with Crippen LogP contribution in [0.3, 0.4) is 0 Å². The van der Waals surface area contributed by atoms with Crippen molar-refractivity contribution in [2.45, 2.75) is 13.8 Å². The summed E-state index contributed by atoms with van der Waals surface area (Å²) in [6.07, 6.45) is 1.23. The molecule has 0 amide bonds. The minimum absolute atomic E-state index is 0.146. The second-order valence-corrected chi connectivity index (χ2v) is 4.74. The number of esters is 1. The van der Waals surface area contributed by atoms with Crippen LogP contribution in [0.5, 0.6) is 5.75 Å². The number of carbonyl (C=O) groups is 2. The summed E-state index contributed by atoms with van der Waals surface area (Å²) in [5.41, 5.74) is -0.151. The average Bonchev–Trinajstić information content (AvgIpc) is 2.41. The van der Waals surface area contributed by atoms with Crippen molar-refractivity contribution in [2.24, 2.45) is 5.92 Å². The Labute approximate surface area is 121 Å². The maximum Gasteiger partial charge on any atom is 0.348 e. The van der Waals surface area contributed by atoms with Gasteiger partial charge in [-0.05, 0) is 29.7 Å². The number of ether oxygens (including phenoxy) is 1. The zero-order chi connectivity index (χ0) is 16.0. The molecule has 6 heteroatoms. The van der Waals surface area contributed by atoms with Crippen molar-refractivity contribution in [1.82, 2.24) is 0 Å². The number of carbonyl (C=O) groups excluding carboxylic acids is 1. The first-order chi connectivity index (χ1) is 9.85. The number of carboxylic acid groups (broad SMARTS) is 1. The molecule has 0 aliphatic heterocycles. The molecule has 6 nitrogen and oxygen atoms in total. The number of nitrogens with zero attached hydrogens (tertiary/aromatic N) is 1. The van der Waals surface area contributed by atoms with Gasteiger partial charge in [-0.2, -0.15) is 5.26 Å². The van der Waals surface area contributed by atoms with Crippen LogP contribution in [-0.2, 0) is 9.53 Å². The predicted octanol–water partition coefficient (Wildman–Crippen LogP) is 2.20. The fourth-order valence-electron chi connectivity index (χ4n) is 1.44. The molecule has 0 fully saturated rings. The minimum Gasteiger partial charge on any atom is -0.507 e. The van der Waals surface area contributed by atoms with Crippen LogP contribution < -0.4 is 0 Å². The van der Waals surface area contributed by atoms with Gasteiger partial charge in [-0.3, -0.25) is 0 Å². The number of benzene rings is 1. The number of nitriles is 1. The van der Waals surface area contributed by atoms with Crippen molar-refractivity contribution in [3.05, 3.63) is 34.9 Å². The van der Waals surface area contributed by atoms with Gasteiger partial charge < -0.3 is 14.9 Å². The van der Waals surface area contributed by atoms with Gasteiger partial charge in [0, 0.05) is 0 Å². The van der Waals surface area contributed by atoms with E-state index in [-0.39, 0.29) is 23.7 Å². The highest BCUT2D eigenvalue weighted by molar-refractivity contribution is 5.98. The smallest absolute Gasteiger partial charge is 0.348 e. The Morgan fingerprint density at radius 1 is 1.43 bits per heavy atom. The van der Waals surface area contributed by atoms with Crippen molar-refractivity contribution in [3.8, 4) is 11.8 Å². The van der Waals surface area contributed by atoms with Gasteiger partial charge in [0.25, 0.3) is 0 Å². The molecule has 1 aromatic rings. The molecule has 2 N–H and O–H groups in total. The third kappa shape index (κ3) is 4.66. The molecule has 0 spiro atoms. The summed E-state index contributed by atoms with van der Waals surface area (Å²) in [5.74, 6) is -2.32.